The van der Waals surface area contributed by atoms with Crippen LogP contribution < -0.4 is 4.89 Å². The van der Waals surface area contributed by atoms with Gasteiger partial charge in [0.1, 0.15) is 31.3 Å². The lowest BCUT2D eigenvalue weighted by molar-refractivity contribution is -0.870. The first-order chi connectivity index (χ1) is 28.7. The van der Waals surface area contributed by atoms with Crippen molar-refractivity contribution in [2.24, 2.45) is 0 Å². The number of ketones is 1. The summed E-state index contributed by atoms with van der Waals surface area (Å²) in [5.74, 6) is 0.993. The first-order valence-electron chi connectivity index (χ1n) is 22.7. The molecule has 11 nitrogen and oxygen atoms in total. The van der Waals surface area contributed by atoms with Gasteiger partial charge in [0.05, 0.1) is 27.7 Å². The largest absolute Gasteiger partial charge is 0.756 e. The predicted molar refractivity (Wildman–Crippen MR) is 239 cm³/mol. The second-order valence-corrected chi connectivity index (χ2v) is 18.1. The molecule has 1 heterocycles. The number of esters is 2. The van der Waals surface area contributed by atoms with Gasteiger partial charge in [0.25, 0.3) is 7.82 Å². The van der Waals surface area contributed by atoms with Crippen LogP contribution in [-0.4, -0.2) is 75.8 Å². The highest BCUT2D eigenvalue weighted by molar-refractivity contribution is 7.45. The van der Waals surface area contributed by atoms with E-state index < -0.39 is 32.5 Å². The molecule has 0 N–H and O–H groups in total. The average Bonchev–Trinajstić information content (AvgIpc) is 3.45. The van der Waals surface area contributed by atoms with Crippen molar-refractivity contribution < 1.29 is 51.3 Å². The van der Waals surface area contributed by atoms with Crippen LogP contribution in [0.4, 0.5) is 0 Å². The zero-order valence-corrected chi connectivity index (χ0v) is 39.2. The van der Waals surface area contributed by atoms with Crippen molar-refractivity contribution in [1.29, 1.82) is 0 Å². The van der Waals surface area contributed by atoms with Crippen LogP contribution in [-0.2, 0) is 50.3 Å². The molecule has 0 aliphatic heterocycles. The lowest BCUT2D eigenvalue weighted by Gasteiger charge is -2.28. The van der Waals surface area contributed by atoms with Gasteiger partial charge in [0.2, 0.25) is 0 Å². The van der Waals surface area contributed by atoms with E-state index in [1.54, 1.807) is 6.08 Å². The van der Waals surface area contributed by atoms with Gasteiger partial charge in [-0.3, -0.25) is 18.9 Å². The molecule has 0 amide bonds. The Bertz CT molecular complexity index is 1500. The van der Waals surface area contributed by atoms with Crippen molar-refractivity contribution in [2.45, 2.75) is 169 Å². The van der Waals surface area contributed by atoms with Gasteiger partial charge in [-0.05, 0) is 82.4 Å². The van der Waals surface area contributed by atoms with Crippen molar-refractivity contribution in [2.75, 3.05) is 47.5 Å². The summed E-state index contributed by atoms with van der Waals surface area (Å²) in [6, 6.07) is 0. The van der Waals surface area contributed by atoms with Crippen molar-refractivity contribution in [3.8, 4) is 0 Å². The number of unbranched alkanes of at least 4 members (excludes halogenated alkanes) is 10. The number of aryl methyl sites for hydroxylation is 2. The molecule has 0 bridgehead atoms. The minimum Gasteiger partial charge on any atom is -0.756 e. The fourth-order valence-electron chi connectivity index (χ4n) is 6.14. The first kappa shape index (κ1) is 54.9. The van der Waals surface area contributed by atoms with Crippen LogP contribution in [0, 0.1) is 13.8 Å². The smallest absolute Gasteiger partial charge is 0.306 e. The summed E-state index contributed by atoms with van der Waals surface area (Å²) >= 11 is 0. The van der Waals surface area contributed by atoms with Crippen LogP contribution in [0.25, 0.3) is 0 Å². The molecule has 0 radical (unpaired) electrons. The number of nitrogens with zero attached hydrogens (tertiary/aromatic N) is 1. The molecular formula is C48H80NO10P. The summed E-state index contributed by atoms with van der Waals surface area (Å²) in [5, 5.41) is 0. The number of carbonyl (C=O) groups excluding carboxylic acids is 3. The number of ether oxygens (including phenoxy) is 2. The topological polar surface area (TPSA) is 141 Å². The van der Waals surface area contributed by atoms with Crippen LogP contribution in [0.1, 0.15) is 158 Å². The van der Waals surface area contributed by atoms with E-state index in [-0.39, 0.29) is 44.7 Å². The van der Waals surface area contributed by atoms with Crippen LogP contribution >= 0.6 is 7.82 Å². The van der Waals surface area contributed by atoms with Gasteiger partial charge in [-0.1, -0.05) is 108 Å². The maximum atomic E-state index is 12.7. The van der Waals surface area contributed by atoms with Gasteiger partial charge in [0.15, 0.2) is 11.9 Å². The van der Waals surface area contributed by atoms with Gasteiger partial charge in [-0.15, -0.1) is 0 Å². The molecule has 0 aliphatic carbocycles. The summed E-state index contributed by atoms with van der Waals surface area (Å²) in [5.41, 5.74) is 2.58. The van der Waals surface area contributed by atoms with E-state index in [4.69, 9.17) is 22.9 Å². The normalized spacial score (nSPS) is 13.9. The standard InChI is InChI=1S/C48H80NO10P/c1-8-10-12-13-14-15-16-17-18-19-20-23-27-31-43(50)32-30-36-48(52)58-44(40-57-60(53,54)56-38-37-49(5,6)7)39-55-47(51)35-29-25-22-21-24-28-34-46-42(4)41(3)45(59-46)33-26-11-9-2/h14-15,17-18,20,23,27,31,44H,8-13,16,19,21-22,24-26,28-30,32-40H2,1-7H3/b15-14-,18-17-,23-20-,31-27+/t44-/m1/s1. The van der Waals surface area contributed by atoms with Gasteiger partial charge in [0, 0.05) is 32.1 Å². The van der Waals surface area contributed by atoms with Gasteiger partial charge < -0.3 is 32.3 Å². The number of likely N-dealkylation sites (N-methyl/N-ethyl adjacent to an activating group) is 1. The zero-order valence-electron chi connectivity index (χ0n) is 38.4. The van der Waals surface area contributed by atoms with E-state index in [1.807, 2.05) is 33.3 Å². The van der Waals surface area contributed by atoms with E-state index in [1.165, 1.54) is 49.3 Å². The van der Waals surface area contributed by atoms with E-state index >= 15 is 0 Å². The molecule has 0 saturated carbocycles. The van der Waals surface area contributed by atoms with Crippen LogP contribution in [0.3, 0.4) is 0 Å². The van der Waals surface area contributed by atoms with Crippen molar-refractivity contribution >= 4 is 25.5 Å². The number of carbonyl (C=O) groups is 3. The number of hydrogen-bond donors (Lipinski definition) is 0. The number of furan rings is 1. The monoisotopic (exact) mass is 862 g/mol. The SMILES string of the molecule is CCCCC/C=C\C/C=C\C/C=C\C=C\C(=O)CCCC(=O)O[C@H](COC(=O)CCCCCCCCc1oc(CCCCC)c(C)c1C)COP(=O)([O-])OCC[N+](C)(C)C. The fourth-order valence-corrected chi connectivity index (χ4v) is 6.87. The molecule has 1 aromatic heterocycles. The van der Waals surface area contributed by atoms with Crippen LogP contribution in [0.5, 0.6) is 0 Å². The zero-order chi connectivity index (χ0) is 44.5. The first-order valence-corrected chi connectivity index (χ1v) is 24.1. The van der Waals surface area contributed by atoms with E-state index in [2.05, 4.69) is 52.0 Å². The number of quaternary nitrogens is 1. The Labute approximate surface area is 363 Å². The Hall–Kier alpha value is -3.08. The Kier molecular flexibility index (Phi) is 30.7. The molecule has 1 aromatic rings. The summed E-state index contributed by atoms with van der Waals surface area (Å²) < 4.78 is 39.9. The number of phosphoric acid groups is 1. The van der Waals surface area contributed by atoms with E-state index in [0.717, 1.165) is 82.1 Å². The summed E-state index contributed by atoms with van der Waals surface area (Å²) in [4.78, 5) is 50.0. The number of rotatable bonds is 37. The van der Waals surface area contributed by atoms with Crippen LogP contribution in [0.2, 0.25) is 0 Å². The molecule has 12 heteroatoms. The fraction of sp³-hybridized carbons (Fsp3) is 0.688. The lowest BCUT2D eigenvalue weighted by Crippen LogP contribution is -2.37. The maximum Gasteiger partial charge on any atom is 0.306 e. The summed E-state index contributed by atoms with van der Waals surface area (Å²) in [7, 11) is 0.987. The number of phosphoric ester groups is 1. The third-order valence-corrected chi connectivity index (χ3v) is 11.0. The Morgan fingerprint density at radius 3 is 1.93 bits per heavy atom. The number of allylic oxidation sites excluding steroid dienone is 8. The second-order valence-electron chi connectivity index (χ2n) is 16.7. The minimum atomic E-state index is -4.71. The summed E-state index contributed by atoms with van der Waals surface area (Å²) in [6.07, 6.45) is 32.7. The summed E-state index contributed by atoms with van der Waals surface area (Å²) in [6.45, 7) is 8.13. The highest BCUT2D eigenvalue weighted by Gasteiger charge is 2.22. The molecule has 342 valence electrons. The van der Waals surface area contributed by atoms with Gasteiger partial charge >= 0.3 is 11.9 Å². The number of hydrogen-bond acceptors (Lipinski definition) is 10. The Morgan fingerprint density at radius 1 is 0.683 bits per heavy atom. The highest BCUT2D eigenvalue weighted by atomic mass is 31.2. The molecule has 0 fully saturated rings. The van der Waals surface area contributed by atoms with Gasteiger partial charge in [-0.25, -0.2) is 0 Å². The van der Waals surface area contributed by atoms with E-state index in [0.29, 0.717) is 17.4 Å². The predicted octanol–water partition coefficient (Wildman–Crippen LogP) is 10.9. The molecule has 2 atom stereocenters. The quantitative estimate of drug-likeness (QED) is 0.0121. The minimum absolute atomic E-state index is 0.0758. The van der Waals surface area contributed by atoms with Crippen molar-refractivity contribution in [1.82, 2.24) is 0 Å². The maximum absolute atomic E-state index is 12.7. The van der Waals surface area contributed by atoms with E-state index in [9.17, 15) is 23.8 Å². The van der Waals surface area contributed by atoms with Crippen molar-refractivity contribution in [3.63, 3.8) is 0 Å². The Balaban J connectivity index is 2.47. The van der Waals surface area contributed by atoms with Gasteiger partial charge in [-0.2, -0.15) is 0 Å². The third-order valence-electron chi connectivity index (χ3n) is 10.0. The molecule has 0 aliphatic rings. The molecule has 60 heavy (non-hydrogen) atoms. The van der Waals surface area contributed by atoms with Crippen LogP contribution in [0.15, 0.2) is 53.0 Å². The molecule has 0 spiro atoms. The second kappa shape index (κ2) is 33.5. The molecule has 1 rings (SSSR count). The molecule has 1 unspecified atom stereocenters. The molecular weight excluding hydrogens is 781 g/mol. The van der Waals surface area contributed by atoms with Crippen molar-refractivity contribution in [3.05, 3.63) is 71.3 Å². The average molecular weight is 862 g/mol. The highest BCUT2D eigenvalue weighted by Crippen LogP contribution is 2.38. The third kappa shape index (κ3) is 30.0. The molecule has 0 saturated heterocycles. The lowest BCUT2D eigenvalue weighted by atomic mass is 10.0. The Morgan fingerprint density at radius 2 is 1.27 bits per heavy atom. The molecule has 0 aromatic carbocycles.